The van der Waals surface area contributed by atoms with Crippen molar-refractivity contribution in [3.63, 3.8) is 0 Å². The summed E-state index contributed by atoms with van der Waals surface area (Å²) < 4.78 is 5.13. The highest BCUT2D eigenvalue weighted by Crippen LogP contribution is 2.22. The molecule has 0 amide bonds. The van der Waals surface area contributed by atoms with Crippen molar-refractivity contribution >= 4 is 22.9 Å². The molecule has 2 rings (SSSR count). The Hall–Kier alpha value is -1.89. The molecule has 2 aromatic rings. The zero-order valence-electron chi connectivity index (χ0n) is 10.1. The number of anilines is 2. The smallest absolute Gasteiger partial charge is 0.224 e. The van der Waals surface area contributed by atoms with Crippen molar-refractivity contribution in [1.29, 1.82) is 0 Å². The number of imidazole rings is 1. The summed E-state index contributed by atoms with van der Waals surface area (Å²) in [5.41, 5.74) is 7.02. The maximum atomic E-state index is 5.66. The first-order valence-electron chi connectivity index (χ1n) is 5.32. The van der Waals surface area contributed by atoms with Crippen molar-refractivity contribution in [3.05, 3.63) is 6.33 Å². The average molecular weight is 236 g/mol. The summed E-state index contributed by atoms with van der Waals surface area (Å²) in [6.07, 6.45) is 1.58. The molecular weight excluding hydrogens is 220 g/mol. The second-order valence-corrected chi connectivity index (χ2v) is 3.92. The van der Waals surface area contributed by atoms with E-state index in [4.69, 9.17) is 10.5 Å². The van der Waals surface area contributed by atoms with Crippen LogP contribution in [-0.4, -0.2) is 46.7 Å². The van der Waals surface area contributed by atoms with E-state index >= 15 is 0 Å². The third kappa shape index (κ3) is 2.14. The molecule has 0 aromatic carbocycles. The van der Waals surface area contributed by atoms with Crippen LogP contribution in [0.1, 0.15) is 6.92 Å². The van der Waals surface area contributed by atoms with Gasteiger partial charge in [0.1, 0.15) is 5.52 Å². The van der Waals surface area contributed by atoms with Gasteiger partial charge in [0.15, 0.2) is 11.5 Å². The third-order valence-corrected chi connectivity index (χ3v) is 2.69. The number of aromatic amines is 1. The molecule has 7 nitrogen and oxygen atoms in total. The topological polar surface area (TPSA) is 92.9 Å². The zero-order chi connectivity index (χ0) is 12.4. The van der Waals surface area contributed by atoms with Crippen LogP contribution in [0.4, 0.5) is 11.8 Å². The van der Waals surface area contributed by atoms with Crippen LogP contribution in [0.25, 0.3) is 11.2 Å². The molecule has 0 bridgehead atoms. The first-order chi connectivity index (χ1) is 8.13. The minimum Gasteiger partial charge on any atom is -0.383 e. The van der Waals surface area contributed by atoms with Gasteiger partial charge in [-0.05, 0) is 6.92 Å². The molecule has 92 valence electrons. The number of H-pyrrole nitrogens is 1. The van der Waals surface area contributed by atoms with Crippen LogP contribution >= 0.6 is 0 Å². The lowest BCUT2D eigenvalue weighted by Gasteiger charge is -2.25. The van der Waals surface area contributed by atoms with Gasteiger partial charge in [0.2, 0.25) is 5.95 Å². The van der Waals surface area contributed by atoms with Crippen molar-refractivity contribution in [2.75, 3.05) is 31.4 Å². The summed E-state index contributed by atoms with van der Waals surface area (Å²) in [6.45, 7) is 2.65. The van der Waals surface area contributed by atoms with Gasteiger partial charge in [-0.1, -0.05) is 0 Å². The molecular formula is C10H16N6O. The number of aromatic nitrogens is 4. The second kappa shape index (κ2) is 4.54. The molecule has 0 fully saturated rings. The fourth-order valence-electron chi connectivity index (χ4n) is 1.65. The van der Waals surface area contributed by atoms with Crippen LogP contribution < -0.4 is 10.6 Å². The molecule has 0 radical (unpaired) electrons. The lowest BCUT2D eigenvalue weighted by atomic mass is 10.3. The number of fused-ring (bicyclic) bond motifs is 1. The number of ether oxygens (including phenoxy) is 1. The summed E-state index contributed by atoms with van der Waals surface area (Å²) in [4.78, 5) is 17.4. The van der Waals surface area contributed by atoms with Crippen molar-refractivity contribution in [2.24, 2.45) is 0 Å². The monoisotopic (exact) mass is 236 g/mol. The Labute approximate surface area is 99.0 Å². The van der Waals surface area contributed by atoms with E-state index in [1.807, 2.05) is 18.9 Å². The number of nitrogens with one attached hydrogen (secondary N) is 1. The minimum atomic E-state index is 0.181. The Bertz CT molecular complexity index is 510. The van der Waals surface area contributed by atoms with Gasteiger partial charge in [-0.2, -0.15) is 9.97 Å². The van der Waals surface area contributed by atoms with Crippen LogP contribution in [-0.2, 0) is 4.74 Å². The van der Waals surface area contributed by atoms with E-state index in [1.54, 1.807) is 13.4 Å². The molecule has 0 aliphatic carbocycles. The molecule has 3 N–H and O–H groups in total. The number of nitrogens with two attached hydrogens (primary N) is 1. The first kappa shape index (κ1) is 11.6. The summed E-state index contributed by atoms with van der Waals surface area (Å²) in [7, 11) is 3.61. The summed E-state index contributed by atoms with van der Waals surface area (Å²) in [5.74, 6) is 0.950. The van der Waals surface area contributed by atoms with Gasteiger partial charge in [-0.25, -0.2) is 4.98 Å². The number of hydrogen-bond acceptors (Lipinski definition) is 6. The van der Waals surface area contributed by atoms with E-state index < -0.39 is 0 Å². The zero-order valence-corrected chi connectivity index (χ0v) is 10.1. The number of rotatable bonds is 4. The molecule has 1 atom stereocenters. The molecule has 1 unspecified atom stereocenters. The Balaban J connectivity index is 2.43. The number of likely N-dealkylation sites (N-methyl/N-ethyl adjacent to an activating group) is 1. The summed E-state index contributed by atoms with van der Waals surface area (Å²) in [6, 6.07) is 0.181. The first-order valence-corrected chi connectivity index (χ1v) is 5.32. The number of nitrogens with zero attached hydrogens (tertiary/aromatic N) is 4. The highest BCUT2D eigenvalue weighted by atomic mass is 16.5. The quantitative estimate of drug-likeness (QED) is 0.798. The number of hydrogen-bond donors (Lipinski definition) is 2. The number of methoxy groups -OCH3 is 1. The van der Waals surface area contributed by atoms with E-state index in [0.29, 0.717) is 12.3 Å². The molecule has 17 heavy (non-hydrogen) atoms. The molecule has 0 saturated heterocycles. The van der Waals surface area contributed by atoms with Gasteiger partial charge in [0.05, 0.1) is 19.0 Å². The molecule has 0 aliphatic rings. The molecule has 0 saturated carbocycles. The Morgan fingerprint density at radius 2 is 2.29 bits per heavy atom. The number of nitrogen functional groups attached to an aromatic ring is 1. The predicted octanol–water partition coefficient (Wildman–Crippen LogP) is 0.406. The van der Waals surface area contributed by atoms with Crippen molar-refractivity contribution in [2.45, 2.75) is 13.0 Å². The van der Waals surface area contributed by atoms with Gasteiger partial charge in [0, 0.05) is 14.2 Å². The van der Waals surface area contributed by atoms with Crippen molar-refractivity contribution in [1.82, 2.24) is 19.9 Å². The van der Waals surface area contributed by atoms with Gasteiger partial charge >= 0.3 is 0 Å². The Kier molecular flexibility index (Phi) is 3.10. The lowest BCUT2D eigenvalue weighted by Crippen LogP contribution is -2.33. The maximum Gasteiger partial charge on any atom is 0.224 e. The van der Waals surface area contributed by atoms with Crippen LogP contribution in [0.5, 0.6) is 0 Å². The average Bonchev–Trinajstić information content (AvgIpc) is 2.75. The fraction of sp³-hybridized carbons (Fsp3) is 0.500. The van der Waals surface area contributed by atoms with E-state index in [9.17, 15) is 0 Å². The highest BCUT2D eigenvalue weighted by molar-refractivity contribution is 5.84. The van der Waals surface area contributed by atoms with Gasteiger partial charge in [-0.3, -0.25) is 0 Å². The van der Waals surface area contributed by atoms with Gasteiger partial charge in [0.25, 0.3) is 0 Å². The summed E-state index contributed by atoms with van der Waals surface area (Å²) in [5, 5.41) is 0. The molecule has 0 spiro atoms. The van der Waals surface area contributed by atoms with Crippen LogP contribution in [0.15, 0.2) is 6.33 Å². The predicted molar refractivity (Wildman–Crippen MR) is 65.8 cm³/mol. The van der Waals surface area contributed by atoms with E-state index in [2.05, 4.69) is 19.9 Å². The molecule has 2 heterocycles. The molecule has 2 aromatic heterocycles. The second-order valence-electron chi connectivity index (χ2n) is 3.92. The SMILES string of the molecule is COCC(C)N(C)c1nc(N)nc2nc[nH]c12. The van der Waals surface area contributed by atoms with Gasteiger partial charge < -0.3 is 20.4 Å². The Morgan fingerprint density at radius 1 is 1.53 bits per heavy atom. The van der Waals surface area contributed by atoms with Crippen LogP contribution in [0, 0.1) is 0 Å². The van der Waals surface area contributed by atoms with Crippen molar-refractivity contribution < 1.29 is 4.74 Å². The van der Waals surface area contributed by atoms with Crippen molar-refractivity contribution in [3.8, 4) is 0 Å². The molecule has 0 aliphatic heterocycles. The summed E-state index contributed by atoms with van der Waals surface area (Å²) >= 11 is 0. The van der Waals surface area contributed by atoms with E-state index in [-0.39, 0.29) is 12.0 Å². The van der Waals surface area contributed by atoms with E-state index in [0.717, 1.165) is 11.3 Å². The largest absolute Gasteiger partial charge is 0.383 e. The Morgan fingerprint density at radius 3 is 3.00 bits per heavy atom. The van der Waals surface area contributed by atoms with Crippen LogP contribution in [0.3, 0.4) is 0 Å². The maximum absolute atomic E-state index is 5.66. The normalized spacial score (nSPS) is 12.9. The lowest BCUT2D eigenvalue weighted by molar-refractivity contribution is 0.183. The minimum absolute atomic E-state index is 0.181. The van der Waals surface area contributed by atoms with E-state index in [1.165, 1.54) is 0 Å². The van der Waals surface area contributed by atoms with Gasteiger partial charge in [-0.15, -0.1) is 0 Å². The third-order valence-electron chi connectivity index (χ3n) is 2.69. The van der Waals surface area contributed by atoms with Crippen LogP contribution in [0.2, 0.25) is 0 Å². The fourth-order valence-corrected chi connectivity index (χ4v) is 1.65. The highest BCUT2D eigenvalue weighted by Gasteiger charge is 2.16. The standard InChI is InChI=1S/C10H16N6O/c1-6(4-17-3)16(2)9-7-8(13-5-12-7)14-10(11)15-9/h5-6H,4H2,1-3H3,(H3,11,12,13,14,15). The molecule has 7 heteroatoms.